The molecule has 1 N–H and O–H groups in total. The summed E-state index contributed by atoms with van der Waals surface area (Å²) in [5, 5.41) is 12.5. The number of nitrogens with zero attached hydrogens (tertiary/aromatic N) is 3. The number of anilines is 1. The monoisotopic (exact) mass is 490 g/mol. The second kappa shape index (κ2) is 9.70. The molecule has 0 bridgehead atoms. The first-order valence-electron chi connectivity index (χ1n) is 10.5. The zero-order chi connectivity index (χ0) is 23.5. The molecule has 0 saturated carbocycles. The van der Waals surface area contributed by atoms with Gasteiger partial charge in [-0.3, -0.25) is 14.2 Å². The average molecular weight is 491 g/mol. The molecule has 7 nitrogen and oxygen atoms in total. The summed E-state index contributed by atoms with van der Waals surface area (Å²) >= 11 is 7.51. The van der Waals surface area contributed by atoms with E-state index in [4.69, 9.17) is 16.3 Å². The molecule has 3 aromatic carbocycles. The van der Waals surface area contributed by atoms with E-state index in [1.807, 2.05) is 47.0 Å². The van der Waals surface area contributed by atoms with Gasteiger partial charge in [0.05, 0.1) is 17.2 Å². The van der Waals surface area contributed by atoms with Crippen molar-refractivity contribution in [3.63, 3.8) is 0 Å². The van der Waals surface area contributed by atoms with Gasteiger partial charge in [-0.1, -0.05) is 53.7 Å². The lowest BCUT2D eigenvalue weighted by Gasteiger charge is -2.11. The fourth-order valence-electron chi connectivity index (χ4n) is 3.64. The van der Waals surface area contributed by atoms with E-state index in [2.05, 4.69) is 15.5 Å². The Morgan fingerprint density at radius 1 is 1.06 bits per heavy atom. The topological polar surface area (TPSA) is 86.1 Å². The van der Waals surface area contributed by atoms with Crippen LogP contribution in [0.25, 0.3) is 5.69 Å². The zero-order valence-electron chi connectivity index (χ0n) is 17.9. The van der Waals surface area contributed by atoms with Crippen LogP contribution in [-0.4, -0.2) is 32.2 Å². The highest BCUT2D eigenvalue weighted by atomic mass is 35.5. The third-order valence-electron chi connectivity index (χ3n) is 5.29. The number of benzene rings is 3. The number of amides is 1. The number of hydrogen-bond donors (Lipinski definition) is 1. The minimum absolute atomic E-state index is 0.0522. The minimum atomic E-state index is -0.0588. The van der Waals surface area contributed by atoms with Gasteiger partial charge in [-0.2, -0.15) is 0 Å². The molecule has 34 heavy (non-hydrogen) atoms. The number of hydrogen-bond acceptors (Lipinski definition) is 6. The second-order valence-electron chi connectivity index (χ2n) is 7.60. The normalized spacial score (nSPS) is 12.3. The maximum atomic E-state index is 12.9. The van der Waals surface area contributed by atoms with Gasteiger partial charge >= 0.3 is 0 Å². The lowest BCUT2D eigenvalue weighted by molar-refractivity contribution is -0.115. The van der Waals surface area contributed by atoms with E-state index in [0.29, 0.717) is 33.7 Å². The third-order valence-corrected chi connectivity index (χ3v) is 6.53. The van der Waals surface area contributed by atoms with Crippen LogP contribution >= 0.6 is 23.4 Å². The van der Waals surface area contributed by atoms with Crippen LogP contribution in [-0.2, 0) is 17.8 Å². The first kappa shape index (κ1) is 22.2. The first-order valence-corrected chi connectivity index (χ1v) is 11.9. The number of ketones is 1. The molecule has 0 atom stereocenters. The van der Waals surface area contributed by atoms with Crippen molar-refractivity contribution in [1.29, 1.82) is 0 Å². The van der Waals surface area contributed by atoms with Gasteiger partial charge in [0.15, 0.2) is 16.8 Å². The molecule has 0 saturated heterocycles. The van der Waals surface area contributed by atoms with E-state index in [-0.39, 0.29) is 24.1 Å². The number of nitrogens with one attached hydrogen (secondary N) is 1. The predicted molar refractivity (Wildman–Crippen MR) is 131 cm³/mol. The summed E-state index contributed by atoms with van der Waals surface area (Å²) in [6.45, 7) is 0.159. The largest absolute Gasteiger partial charge is 0.484 e. The Labute approximate surface area is 205 Å². The Morgan fingerprint density at radius 2 is 1.85 bits per heavy atom. The molecular weight excluding hydrogens is 472 g/mol. The maximum Gasteiger partial charge on any atom is 0.228 e. The SMILES string of the molecule is O=C1Cc2cc(C(=O)CSc3nnc(COc4ccccc4Cl)n3-c3ccccc3)ccc2N1. The molecule has 1 aromatic heterocycles. The smallest absolute Gasteiger partial charge is 0.228 e. The molecule has 1 amide bonds. The minimum Gasteiger partial charge on any atom is -0.484 e. The van der Waals surface area contributed by atoms with Crippen molar-refractivity contribution in [1.82, 2.24) is 14.8 Å². The summed E-state index contributed by atoms with van der Waals surface area (Å²) in [4.78, 5) is 24.5. The summed E-state index contributed by atoms with van der Waals surface area (Å²) < 4.78 is 7.75. The quantitative estimate of drug-likeness (QED) is 0.277. The number of ether oxygens (including phenoxy) is 1. The van der Waals surface area contributed by atoms with Crippen molar-refractivity contribution < 1.29 is 14.3 Å². The summed E-state index contributed by atoms with van der Waals surface area (Å²) in [5.74, 6) is 1.21. The standard InChI is InChI=1S/C25H19ClN4O3S/c26-19-8-4-5-9-22(19)33-14-23-28-29-25(30(23)18-6-2-1-3-7-18)34-15-21(31)16-10-11-20-17(12-16)13-24(32)27-20/h1-12H,13-15H2,(H,27,32). The molecule has 1 aliphatic rings. The van der Waals surface area contributed by atoms with Gasteiger partial charge in [-0.15, -0.1) is 10.2 Å². The van der Waals surface area contributed by atoms with Gasteiger partial charge in [-0.05, 0) is 48.0 Å². The molecule has 170 valence electrons. The van der Waals surface area contributed by atoms with Gasteiger partial charge in [0.25, 0.3) is 0 Å². The van der Waals surface area contributed by atoms with Crippen LogP contribution in [0.1, 0.15) is 21.7 Å². The predicted octanol–water partition coefficient (Wildman–Crippen LogP) is 4.97. The number of carbonyl (C=O) groups excluding carboxylic acids is 2. The van der Waals surface area contributed by atoms with Crippen molar-refractivity contribution >= 4 is 40.7 Å². The number of halogens is 1. The number of para-hydroxylation sites is 2. The highest BCUT2D eigenvalue weighted by Crippen LogP contribution is 2.28. The van der Waals surface area contributed by atoms with Gasteiger partial charge < -0.3 is 10.1 Å². The van der Waals surface area contributed by atoms with Gasteiger partial charge in [0.2, 0.25) is 5.91 Å². The first-order chi connectivity index (χ1) is 16.6. The van der Waals surface area contributed by atoms with Crippen molar-refractivity contribution in [3.8, 4) is 11.4 Å². The number of fused-ring (bicyclic) bond motifs is 1. The van der Waals surface area contributed by atoms with Gasteiger partial charge in [-0.25, -0.2) is 0 Å². The van der Waals surface area contributed by atoms with E-state index in [1.165, 1.54) is 11.8 Å². The Balaban J connectivity index is 1.35. The van der Waals surface area contributed by atoms with E-state index < -0.39 is 0 Å². The molecule has 9 heteroatoms. The third kappa shape index (κ3) is 4.69. The molecule has 4 aromatic rings. The summed E-state index contributed by atoms with van der Waals surface area (Å²) in [6.07, 6.45) is 0.292. The van der Waals surface area contributed by atoms with Crippen molar-refractivity contribution in [2.24, 2.45) is 0 Å². The molecule has 1 aliphatic heterocycles. The van der Waals surface area contributed by atoms with Crippen LogP contribution in [0.3, 0.4) is 0 Å². The fraction of sp³-hybridized carbons (Fsp3) is 0.120. The van der Waals surface area contributed by atoms with Crippen LogP contribution in [0.5, 0.6) is 5.75 Å². The maximum absolute atomic E-state index is 12.9. The number of carbonyl (C=O) groups is 2. The second-order valence-corrected chi connectivity index (χ2v) is 8.95. The van der Waals surface area contributed by atoms with Crippen LogP contribution in [0, 0.1) is 0 Å². The van der Waals surface area contributed by atoms with E-state index in [0.717, 1.165) is 16.9 Å². The van der Waals surface area contributed by atoms with Crippen LogP contribution in [0.4, 0.5) is 5.69 Å². The molecule has 0 aliphatic carbocycles. The summed E-state index contributed by atoms with van der Waals surface area (Å²) in [6, 6.07) is 22.2. The van der Waals surface area contributed by atoms with Gasteiger partial charge in [0.1, 0.15) is 12.4 Å². The molecule has 0 unspecified atom stereocenters. The zero-order valence-corrected chi connectivity index (χ0v) is 19.5. The van der Waals surface area contributed by atoms with Gasteiger partial charge in [0, 0.05) is 16.9 Å². The lowest BCUT2D eigenvalue weighted by Crippen LogP contribution is -2.08. The Kier molecular flexibility index (Phi) is 6.33. The number of rotatable bonds is 8. The molecular formula is C25H19ClN4O3S. The highest BCUT2D eigenvalue weighted by molar-refractivity contribution is 7.99. The average Bonchev–Trinajstić information content (AvgIpc) is 3.44. The molecule has 0 radical (unpaired) electrons. The molecule has 0 spiro atoms. The number of Topliss-reactive ketones (excluding diaryl/α,β-unsaturated/α-hetero) is 1. The molecule has 2 heterocycles. The fourth-order valence-corrected chi connectivity index (χ4v) is 4.70. The van der Waals surface area contributed by atoms with Crippen molar-refractivity contribution in [2.75, 3.05) is 11.1 Å². The van der Waals surface area contributed by atoms with Crippen LogP contribution < -0.4 is 10.1 Å². The highest BCUT2D eigenvalue weighted by Gasteiger charge is 2.21. The number of aromatic nitrogens is 3. The summed E-state index contributed by atoms with van der Waals surface area (Å²) in [5.41, 5.74) is 3.03. The number of thioether (sulfide) groups is 1. The van der Waals surface area contributed by atoms with E-state index in [9.17, 15) is 9.59 Å². The van der Waals surface area contributed by atoms with Crippen LogP contribution in [0.2, 0.25) is 5.02 Å². The van der Waals surface area contributed by atoms with E-state index >= 15 is 0 Å². The van der Waals surface area contributed by atoms with Crippen molar-refractivity contribution in [2.45, 2.75) is 18.2 Å². The molecule has 5 rings (SSSR count). The van der Waals surface area contributed by atoms with Crippen molar-refractivity contribution in [3.05, 3.63) is 94.8 Å². The van der Waals surface area contributed by atoms with Crippen LogP contribution in [0.15, 0.2) is 78.0 Å². The van der Waals surface area contributed by atoms with E-state index in [1.54, 1.807) is 30.3 Å². The Morgan fingerprint density at radius 3 is 2.68 bits per heavy atom. The Bertz CT molecular complexity index is 1370. The lowest BCUT2D eigenvalue weighted by atomic mass is 10.1. The summed E-state index contributed by atoms with van der Waals surface area (Å²) in [7, 11) is 0. The Hall–Kier alpha value is -3.62. The molecule has 0 fully saturated rings.